The molecule has 0 heterocycles. The largest absolute Gasteiger partial charge is 0.573 e. The van der Waals surface area contributed by atoms with Gasteiger partial charge < -0.3 is 4.74 Å². The second-order valence-corrected chi connectivity index (χ2v) is 3.39. The van der Waals surface area contributed by atoms with E-state index in [0.717, 1.165) is 12.1 Å². The van der Waals surface area contributed by atoms with Crippen LogP contribution in [0, 0.1) is 5.82 Å². The standard InChI is InChI=1S/C10H10F4O.C2H6/c1-6(2)7-3-4-9(8(11)5-7)15-10(12,13)14;1-2/h3-6H,1-2H3;1-2H3. The summed E-state index contributed by atoms with van der Waals surface area (Å²) in [4.78, 5) is 0. The van der Waals surface area contributed by atoms with Crippen LogP contribution < -0.4 is 4.74 Å². The van der Waals surface area contributed by atoms with Gasteiger partial charge >= 0.3 is 6.36 Å². The highest BCUT2D eigenvalue weighted by Crippen LogP contribution is 2.27. The van der Waals surface area contributed by atoms with Gasteiger partial charge in [0.05, 0.1) is 0 Å². The molecule has 0 saturated carbocycles. The number of hydrogen-bond acceptors (Lipinski definition) is 1. The predicted molar refractivity (Wildman–Crippen MR) is 58.5 cm³/mol. The fraction of sp³-hybridized carbons (Fsp3) is 0.500. The average molecular weight is 252 g/mol. The minimum atomic E-state index is -4.86. The summed E-state index contributed by atoms with van der Waals surface area (Å²) < 4.78 is 52.0. The Hall–Kier alpha value is -1.26. The topological polar surface area (TPSA) is 9.23 Å². The molecular weight excluding hydrogens is 236 g/mol. The van der Waals surface area contributed by atoms with Crippen molar-refractivity contribution in [2.24, 2.45) is 0 Å². The van der Waals surface area contributed by atoms with E-state index in [1.807, 2.05) is 27.7 Å². The summed E-state index contributed by atoms with van der Waals surface area (Å²) in [5, 5.41) is 0. The molecule has 0 radical (unpaired) electrons. The summed E-state index contributed by atoms with van der Waals surface area (Å²) in [6.07, 6.45) is -4.86. The van der Waals surface area contributed by atoms with Gasteiger partial charge in [0.25, 0.3) is 0 Å². The van der Waals surface area contributed by atoms with Crippen LogP contribution in [0.3, 0.4) is 0 Å². The third kappa shape index (κ3) is 5.56. The first kappa shape index (κ1) is 15.7. The molecule has 0 fully saturated rings. The second-order valence-electron chi connectivity index (χ2n) is 3.39. The molecule has 1 rings (SSSR count). The molecule has 0 spiro atoms. The van der Waals surface area contributed by atoms with Crippen molar-refractivity contribution in [1.82, 2.24) is 0 Å². The zero-order valence-electron chi connectivity index (χ0n) is 10.2. The first-order valence-corrected chi connectivity index (χ1v) is 5.35. The Kier molecular flexibility index (Phi) is 5.99. The van der Waals surface area contributed by atoms with E-state index in [0.29, 0.717) is 5.56 Å². The van der Waals surface area contributed by atoms with Crippen molar-refractivity contribution < 1.29 is 22.3 Å². The summed E-state index contributed by atoms with van der Waals surface area (Å²) in [7, 11) is 0. The fourth-order valence-electron chi connectivity index (χ4n) is 1.08. The van der Waals surface area contributed by atoms with Crippen LogP contribution in [0.5, 0.6) is 5.75 Å². The van der Waals surface area contributed by atoms with Gasteiger partial charge in [-0.2, -0.15) is 0 Å². The van der Waals surface area contributed by atoms with Crippen molar-refractivity contribution in [3.8, 4) is 5.75 Å². The van der Waals surface area contributed by atoms with Gasteiger partial charge in [-0.15, -0.1) is 13.2 Å². The van der Waals surface area contributed by atoms with E-state index in [4.69, 9.17) is 0 Å². The molecule has 1 aromatic carbocycles. The lowest BCUT2D eigenvalue weighted by molar-refractivity contribution is -0.275. The lowest BCUT2D eigenvalue weighted by Gasteiger charge is -2.11. The van der Waals surface area contributed by atoms with Crippen LogP contribution in [0.15, 0.2) is 18.2 Å². The zero-order valence-corrected chi connectivity index (χ0v) is 10.2. The number of hydrogen-bond donors (Lipinski definition) is 0. The molecule has 0 N–H and O–H groups in total. The highest BCUT2D eigenvalue weighted by atomic mass is 19.4. The van der Waals surface area contributed by atoms with E-state index in [9.17, 15) is 17.6 Å². The summed E-state index contributed by atoms with van der Waals surface area (Å²) >= 11 is 0. The SMILES string of the molecule is CC.CC(C)c1ccc(OC(F)(F)F)c(F)c1. The molecule has 0 aromatic heterocycles. The Balaban J connectivity index is 0.00000121. The van der Waals surface area contributed by atoms with Crippen LogP contribution in [-0.4, -0.2) is 6.36 Å². The van der Waals surface area contributed by atoms with Gasteiger partial charge in [-0.05, 0) is 23.6 Å². The van der Waals surface area contributed by atoms with E-state index in [1.54, 1.807) is 0 Å². The Morgan fingerprint density at radius 2 is 1.65 bits per heavy atom. The maximum Gasteiger partial charge on any atom is 0.573 e. The zero-order chi connectivity index (χ0) is 13.6. The molecule has 5 heteroatoms. The van der Waals surface area contributed by atoms with Gasteiger partial charge in [0.1, 0.15) is 0 Å². The van der Waals surface area contributed by atoms with Crippen molar-refractivity contribution in [3.05, 3.63) is 29.6 Å². The summed E-state index contributed by atoms with van der Waals surface area (Å²) in [6, 6.07) is 3.44. The van der Waals surface area contributed by atoms with Crippen LogP contribution in [-0.2, 0) is 0 Å². The van der Waals surface area contributed by atoms with Crippen molar-refractivity contribution in [3.63, 3.8) is 0 Å². The highest BCUT2D eigenvalue weighted by Gasteiger charge is 2.32. The van der Waals surface area contributed by atoms with Gasteiger partial charge in [0.2, 0.25) is 0 Å². The van der Waals surface area contributed by atoms with Crippen LogP contribution in [0.4, 0.5) is 17.6 Å². The van der Waals surface area contributed by atoms with E-state index in [2.05, 4.69) is 4.74 Å². The Labute approximate surface area is 98.4 Å². The van der Waals surface area contributed by atoms with Crippen LogP contribution in [0.2, 0.25) is 0 Å². The van der Waals surface area contributed by atoms with Gasteiger partial charge in [0, 0.05) is 0 Å². The molecule has 0 aliphatic rings. The van der Waals surface area contributed by atoms with E-state index in [1.165, 1.54) is 6.07 Å². The number of benzene rings is 1. The highest BCUT2D eigenvalue weighted by molar-refractivity contribution is 5.30. The lowest BCUT2D eigenvalue weighted by Crippen LogP contribution is -2.18. The quantitative estimate of drug-likeness (QED) is 0.682. The van der Waals surface area contributed by atoms with Gasteiger partial charge in [-0.1, -0.05) is 33.8 Å². The number of ether oxygens (including phenoxy) is 1. The average Bonchev–Trinajstić information content (AvgIpc) is 2.22. The smallest absolute Gasteiger partial charge is 0.403 e. The fourth-order valence-corrected chi connectivity index (χ4v) is 1.08. The first-order valence-electron chi connectivity index (χ1n) is 5.35. The van der Waals surface area contributed by atoms with Crippen LogP contribution in [0.1, 0.15) is 39.2 Å². The van der Waals surface area contributed by atoms with E-state index >= 15 is 0 Å². The minimum absolute atomic E-state index is 0.0550. The van der Waals surface area contributed by atoms with Crippen molar-refractivity contribution in [1.29, 1.82) is 0 Å². The molecular formula is C12H16F4O. The Bertz CT molecular complexity index is 345. The maximum atomic E-state index is 13.1. The van der Waals surface area contributed by atoms with Crippen LogP contribution in [0.25, 0.3) is 0 Å². The molecule has 98 valence electrons. The lowest BCUT2D eigenvalue weighted by atomic mass is 10.0. The molecule has 17 heavy (non-hydrogen) atoms. The second kappa shape index (κ2) is 6.47. The molecule has 0 aliphatic carbocycles. The first-order chi connectivity index (χ1) is 7.79. The summed E-state index contributed by atoms with van der Waals surface area (Å²) in [5.74, 6) is -1.75. The third-order valence-electron chi connectivity index (χ3n) is 1.85. The van der Waals surface area contributed by atoms with Crippen molar-refractivity contribution >= 4 is 0 Å². The third-order valence-corrected chi connectivity index (χ3v) is 1.85. The normalized spacial score (nSPS) is 10.9. The van der Waals surface area contributed by atoms with E-state index in [-0.39, 0.29) is 5.92 Å². The summed E-state index contributed by atoms with van der Waals surface area (Å²) in [5.41, 5.74) is 0.627. The molecule has 1 aromatic rings. The predicted octanol–water partition coefficient (Wildman–Crippen LogP) is 4.87. The molecule has 0 aliphatic heterocycles. The molecule has 0 unspecified atom stereocenters. The number of halogens is 4. The molecule has 0 bridgehead atoms. The number of rotatable bonds is 2. The molecule has 0 amide bonds. The molecule has 0 atom stereocenters. The van der Waals surface area contributed by atoms with Crippen LogP contribution >= 0.6 is 0 Å². The maximum absolute atomic E-state index is 13.1. The van der Waals surface area contributed by atoms with Gasteiger partial charge in [-0.25, -0.2) is 4.39 Å². The Morgan fingerprint density at radius 3 is 2.00 bits per heavy atom. The molecule has 0 saturated heterocycles. The number of alkyl halides is 3. The molecule has 1 nitrogen and oxygen atoms in total. The van der Waals surface area contributed by atoms with Crippen molar-refractivity contribution in [2.45, 2.75) is 40.0 Å². The van der Waals surface area contributed by atoms with Gasteiger partial charge in [0.15, 0.2) is 11.6 Å². The monoisotopic (exact) mass is 252 g/mol. The van der Waals surface area contributed by atoms with Crippen molar-refractivity contribution in [2.75, 3.05) is 0 Å². The summed E-state index contributed by atoms with van der Waals surface area (Å²) in [6.45, 7) is 7.64. The minimum Gasteiger partial charge on any atom is -0.403 e. The Morgan fingerprint density at radius 1 is 1.12 bits per heavy atom. The van der Waals surface area contributed by atoms with Gasteiger partial charge in [-0.3, -0.25) is 0 Å². The van der Waals surface area contributed by atoms with E-state index < -0.39 is 17.9 Å².